The summed E-state index contributed by atoms with van der Waals surface area (Å²) in [7, 11) is -2.23. The van der Waals surface area contributed by atoms with Crippen molar-refractivity contribution in [3.63, 3.8) is 0 Å². The van der Waals surface area contributed by atoms with Crippen LogP contribution in [0.5, 0.6) is 0 Å². The molecule has 0 aromatic carbocycles. The van der Waals surface area contributed by atoms with E-state index in [1.165, 1.54) is 29.7 Å². The van der Waals surface area contributed by atoms with E-state index in [-0.39, 0.29) is 10.7 Å². The van der Waals surface area contributed by atoms with Crippen LogP contribution in [0.3, 0.4) is 0 Å². The number of likely N-dealkylation sites (N-methyl/N-ethyl adjacent to an activating group) is 1. The molecule has 1 aliphatic rings. The third-order valence-corrected chi connectivity index (χ3v) is 5.55. The highest BCUT2D eigenvalue weighted by atomic mass is 32.2. The number of nitrogen functional groups attached to an aromatic ring is 1. The molecule has 6 nitrogen and oxygen atoms in total. The third kappa shape index (κ3) is 2.72. The van der Waals surface area contributed by atoms with Crippen LogP contribution in [-0.4, -0.2) is 42.0 Å². The summed E-state index contributed by atoms with van der Waals surface area (Å²) >= 11 is 0. The molecule has 106 valence electrons. The fourth-order valence-electron chi connectivity index (χ4n) is 2.47. The molecule has 0 spiro atoms. The van der Waals surface area contributed by atoms with Crippen LogP contribution in [0.4, 0.5) is 5.82 Å². The molecule has 2 atom stereocenters. The number of hydrogen-bond acceptors (Lipinski definition) is 5. The predicted molar refractivity (Wildman–Crippen MR) is 71.9 cm³/mol. The molecule has 19 heavy (non-hydrogen) atoms. The Morgan fingerprint density at radius 1 is 1.42 bits per heavy atom. The smallest absolute Gasteiger partial charge is 0.246 e. The van der Waals surface area contributed by atoms with E-state index in [4.69, 9.17) is 5.73 Å². The van der Waals surface area contributed by atoms with Crippen molar-refractivity contribution in [3.05, 3.63) is 18.3 Å². The second kappa shape index (κ2) is 5.44. The zero-order valence-electron chi connectivity index (χ0n) is 10.9. The average Bonchev–Trinajstić information content (AvgIpc) is 2.39. The van der Waals surface area contributed by atoms with E-state index in [1.54, 1.807) is 0 Å². The van der Waals surface area contributed by atoms with Crippen molar-refractivity contribution in [1.82, 2.24) is 9.29 Å². The van der Waals surface area contributed by atoms with E-state index in [0.29, 0.717) is 12.8 Å². The Morgan fingerprint density at radius 2 is 2.11 bits per heavy atom. The molecule has 2 rings (SSSR count). The van der Waals surface area contributed by atoms with Crippen LogP contribution in [0, 0.1) is 0 Å². The molecule has 0 radical (unpaired) electrons. The lowest BCUT2D eigenvalue weighted by Crippen LogP contribution is -2.46. The lowest BCUT2D eigenvalue weighted by molar-refractivity contribution is 0.0638. The maximum atomic E-state index is 12.5. The van der Waals surface area contributed by atoms with Crippen molar-refractivity contribution < 1.29 is 13.5 Å². The number of nitrogens with zero attached hydrogens (tertiary/aromatic N) is 2. The summed E-state index contributed by atoms with van der Waals surface area (Å²) in [5.74, 6) is -0.0142. The summed E-state index contributed by atoms with van der Waals surface area (Å²) in [5, 5.41) is 9.97. The molecule has 0 aliphatic heterocycles. The molecular formula is C12H19N3O3S. The number of nitrogens with two attached hydrogens (primary N) is 1. The van der Waals surface area contributed by atoms with Crippen molar-refractivity contribution in [2.75, 3.05) is 12.8 Å². The lowest BCUT2D eigenvalue weighted by Gasteiger charge is -2.34. The normalized spacial score (nSPS) is 24.6. The van der Waals surface area contributed by atoms with E-state index in [1.807, 2.05) is 0 Å². The molecule has 0 saturated heterocycles. The Balaban J connectivity index is 2.31. The highest BCUT2D eigenvalue weighted by molar-refractivity contribution is 7.89. The van der Waals surface area contributed by atoms with Crippen LogP contribution in [0.2, 0.25) is 0 Å². The van der Waals surface area contributed by atoms with Gasteiger partial charge in [0.2, 0.25) is 10.0 Å². The fraction of sp³-hybridized carbons (Fsp3) is 0.583. The zero-order valence-corrected chi connectivity index (χ0v) is 11.7. The average molecular weight is 285 g/mol. The lowest BCUT2D eigenvalue weighted by atomic mass is 9.93. The predicted octanol–water partition coefficient (Wildman–Crippen LogP) is 0.588. The Labute approximate surface area is 113 Å². The number of aliphatic hydroxyl groups is 1. The standard InChI is InChI=1S/C12H19N3O3S/c1-15(9-5-2-3-6-10(9)16)19(17,18)11-7-4-8-14-12(11)13/h4,7-10,16H,2-3,5-6H2,1H3,(H2,13,14). The summed E-state index contributed by atoms with van der Waals surface area (Å²) < 4.78 is 26.2. The molecule has 1 fully saturated rings. The molecule has 1 saturated carbocycles. The number of hydrogen-bond donors (Lipinski definition) is 2. The van der Waals surface area contributed by atoms with E-state index in [0.717, 1.165) is 12.8 Å². The van der Waals surface area contributed by atoms with Crippen molar-refractivity contribution in [2.45, 2.75) is 42.7 Å². The van der Waals surface area contributed by atoms with Gasteiger partial charge in [-0.3, -0.25) is 0 Å². The summed E-state index contributed by atoms with van der Waals surface area (Å²) in [5.41, 5.74) is 5.63. The third-order valence-electron chi connectivity index (χ3n) is 3.62. The van der Waals surface area contributed by atoms with Gasteiger partial charge in [0.15, 0.2) is 0 Å². The highest BCUT2D eigenvalue weighted by Gasteiger charge is 2.35. The van der Waals surface area contributed by atoms with Gasteiger partial charge in [-0.2, -0.15) is 4.31 Å². The van der Waals surface area contributed by atoms with Crippen LogP contribution in [0.1, 0.15) is 25.7 Å². The number of aromatic nitrogens is 1. The summed E-state index contributed by atoms with van der Waals surface area (Å²) in [6.45, 7) is 0. The Hall–Kier alpha value is -1.18. The Kier molecular flexibility index (Phi) is 4.07. The van der Waals surface area contributed by atoms with Crippen LogP contribution in [0.25, 0.3) is 0 Å². The topological polar surface area (TPSA) is 96.5 Å². The molecule has 0 bridgehead atoms. The maximum absolute atomic E-state index is 12.5. The van der Waals surface area contributed by atoms with Gasteiger partial charge in [-0.05, 0) is 25.0 Å². The fourth-order valence-corrected chi connectivity index (χ4v) is 3.95. The second-order valence-electron chi connectivity index (χ2n) is 4.83. The van der Waals surface area contributed by atoms with E-state index in [2.05, 4.69) is 4.98 Å². The van der Waals surface area contributed by atoms with Crippen molar-refractivity contribution in [3.8, 4) is 0 Å². The molecule has 3 N–H and O–H groups in total. The van der Waals surface area contributed by atoms with Gasteiger partial charge in [0.05, 0.1) is 12.1 Å². The first-order valence-corrected chi connectivity index (χ1v) is 7.75. The van der Waals surface area contributed by atoms with Crippen LogP contribution in [-0.2, 0) is 10.0 Å². The second-order valence-corrected chi connectivity index (χ2v) is 6.79. The first-order valence-electron chi connectivity index (χ1n) is 6.31. The molecular weight excluding hydrogens is 266 g/mol. The highest BCUT2D eigenvalue weighted by Crippen LogP contribution is 2.28. The van der Waals surface area contributed by atoms with Gasteiger partial charge in [-0.1, -0.05) is 12.8 Å². The molecule has 0 amide bonds. The minimum Gasteiger partial charge on any atom is -0.391 e. The van der Waals surface area contributed by atoms with Gasteiger partial charge in [0.25, 0.3) is 0 Å². The number of anilines is 1. The van der Waals surface area contributed by atoms with Gasteiger partial charge in [0.1, 0.15) is 10.7 Å². The number of rotatable bonds is 3. The molecule has 1 aliphatic carbocycles. The van der Waals surface area contributed by atoms with E-state index < -0.39 is 22.2 Å². The number of pyridine rings is 1. The molecule has 7 heteroatoms. The first kappa shape index (κ1) is 14.2. The Morgan fingerprint density at radius 3 is 2.74 bits per heavy atom. The first-order chi connectivity index (χ1) is 8.94. The molecule has 2 unspecified atom stereocenters. The monoisotopic (exact) mass is 285 g/mol. The van der Waals surface area contributed by atoms with Crippen LogP contribution >= 0.6 is 0 Å². The Bertz CT molecular complexity index is 547. The zero-order chi connectivity index (χ0) is 14.0. The maximum Gasteiger partial charge on any atom is 0.246 e. The quantitative estimate of drug-likeness (QED) is 0.847. The van der Waals surface area contributed by atoms with E-state index in [9.17, 15) is 13.5 Å². The SMILES string of the molecule is CN(C1CCCCC1O)S(=O)(=O)c1cccnc1N. The van der Waals surface area contributed by atoms with Crippen molar-refractivity contribution >= 4 is 15.8 Å². The summed E-state index contributed by atoms with van der Waals surface area (Å²) in [4.78, 5) is 3.80. The number of aliphatic hydroxyl groups excluding tert-OH is 1. The molecule has 1 aromatic rings. The minimum absolute atomic E-state index is 0.00438. The molecule has 1 heterocycles. The largest absolute Gasteiger partial charge is 0.391 e. The number of sulfonamides is 1. The summed E-state index contributed by atoms with van der Waals surface area (Å²) in [6, 6.07) is 2.58. The van der Waals surface area contributed by atoms with E-state index >= 15 is 0 Å². The van der Waals surface area contributed by atoms with Crippen LogP contribution in [0.15, 0.2) is 23.2 Å². The van der Waals surface area contributed by atoms with Gasteiger partial charge in [-0.25, -0.2) is 13.4 Å². The van der Waals surface area contributed by atoms with Crippen molar-refractivity contribution in [1.29, 1.82) is 0 Å². The van der Waals surface area contributed by atoms with Gasteiger partial charge >= 0.3 is 0 Å². The van der Waals surface area contributed by atoms with Crippen LogP contribution < -0.4 is 5.73 Å². The van der Waals surface area contributed by atoms with Gasteiger partial charge in [0, 0.05) is 13.2 Å². The van der Waals surface area contributed by atoms with Gasteiger partial charge in [-0.15, -0.1) is 0 Å². The summed E-state index contributed by atoms with van der Waals surface area (Å²) in [6.07, 6.45) is 3.98. The van der Waals surface area contributed by atoms with Gasteiger partial charge < -0.3 is 10.8 Å². The minimum atomic E-state index is -3.72. The molecule has 1 aromatic heterocycles. The van der Waals surface area contributed by atoms with Crippen molar-refractivity contribution in [2.24, 2.45) is 0 Å².